The lowest BCUT2D eigenvalue weighted by molar-refractivity contribution is 0.0695. The van der Waals surface area contributed by atoms with E-state index in [9.17, 15) is 14.7 Å². The molecule has 1 unspecified atom stereocenters. The molecule has 0 spiro atoms. The van der Waals surface area contributed by atoms with Gasteiger partial charge in [-0.25, -0.2) is 14.8 Å². The summed E-state index contributed by atoms with van der Waals surface area (Å²) in [7, 11) is 0. The zero-order valence-corrected chi connectivity index (χ0v) is 16.2. The number of halogens is 2. The number of thiazole rings is 1. The zero-order valence-electron chi connectivity index (χ0n) is 13.8. The number of nitrogens with two attached hydrogens (primary N) is 1. The number of fused-ring (bicyclic) bond motifs is 1. The highest BCUT2D eigenvalue weighted by molar-refractivity contribution is 7.12. The van der Waals surface area contributed by atoms with Crippen LogP contribution in [-0.2, 0) is 0 Å². The van der Waals surface area contributed by atoms with Gasteiger partial charge in [-0.05, 0) is 12.5 Å². The van der Waals surface area contributed by atoms with E-state index in [-0.39, 0.29) is 34.4 Å². The van der Waals surface area contributed by atoms with Gasteiger partial charge in [-0.3, -0.25) is 9.36 Å². The SMILES string of the molecule is Cl.NC1CCN(c2nc3c(cc2Cl)c(=O)c(C(=O)O)cn3-c2nccs2)C1. The number of rotatable bonds is 3. The summed E-state index contributed by atoms with van der Waals surface area (Å²) >= 11 is 7.67. The Morgan fingerprint density at radius 1 is 1.44 bits per heavy atom. The smallest absolute Gasteiger partial charge is 0.341 e. The molecule has 1 fully saturated rings. The molecule has 0 amide bonds. The Morgan fingerprint density at radius 3 is 2.81 bits per heavy atom. The van der Waals surface area contributed by atoms with E-state index in [1.54, 1.807) is 11.6 Å². The molecule has 3 N–H and O–H groups in total. The predicted octanol–water partition coefficient (Wildman–Crippen LogP) is 2.15. The van der Waals surface area contributed by atoms with Crippen LogP contribution in [-0.4, -0.2) is 44.7 Å². The van der Waals surface area contributed by atoms with Crippen molar-refractivity contribution in [3.8, 4) is 5.13 Å². The van der Waals surface area contributed by atoms with Gasteiger partial charge >= 0.3 is 5.97 Å². The van der Waals surface area contributed by atoms with E-state index in [1.807, 2.05) is 4.90 Å². The summed E-state index contributed by atoms with van der Waals surface area (Å²) in [5.41, 5.74) is 5.30. The van der Waals surface area contributed by atoms with Crippen molar-refractivity contribution in [2.75, 3.05) is 18.0 Å². The van der Waals surface area contributed by atoms with Crippen LogP contribution in [0.15, 0.2) is 28.6 Å². The number of carboxylic acid groups (broad SMARTS) is 1. The molecule has 1 saturated heterocycles. The standard InChI is InChI=1S/C16H14ClN5O3S.ClH/c17-11-5-9-12(23)10(15(24)25)7-22(16-19-2-4-26-16)13(9)20-14(11)21-3-1-8(18)6-21;/h2,4-5,7-8H,1,3,6,18H2,(H,24,25);1H. The molecule has 3 aromatic rings. The number of carboxylic acids is 1. The van der Waals surface area contributed by atoms with Crippen molar-refractivity contribution in [2.24, 2.45) is 5.73 Å². The molecule has 142 valence electrons. The third-order valence-electron chi connectivity index (χ3n) is 4.29. The molecule has 8 nitrogen and oxygen atoms in total. The first-order valence-electron chi connectivity index (χ1n) is 7.85. The lowest BCUT2D eigenvalue weighted by Gasteiger charge is -2.19. The second-order valence-corrected chi connectivity index (χ2v) is 7.30. The first-order chi connectivity index (χ1) is 12.5. The molecule has 0 radical (unpaired) electrons. The van der Waals surface area contributed by atoms with Gasteiger partial charge in [0, 0.05) is 36.9 Å². The fraction of sp³-hybridized carbons (Fsp3) is 0.250. The van der Waals surface area contributed by atoms with Crippen molar-refractivity contribution in [1.29, 1.82) is 0 Å². The minimum absolute atomic E-state index is 0. The quantitative estimate of drug-likeness (QED) is 0.657. The van der Waals surface area contributed by atoms with Crippen LogP contribution >= 0.6 is 35.3 Å². The molecule has 0 aromatic carbocycles. The fourth-order valence-corrected chi connectivity index (χ4v) is 3.94. The van der Waals surface area contributed by atoms with Crippen LogP contribution in [0.3, 0.4) is 0 Å². The van der Waals surface area contributed by atoms with Crippen LogP contribution in [0.5, 0.6) is 0 Å². The minimum atomic E-state index is -1.31. The van der Waals surface area contributed by atoms with E-state index < -0.39 is 11.4 Å². The van der Waals surface area contributed by atoms with Gasteiger partial charge in [0.15, 0.2) is 10.8 Å². The van der Waals surface area contributed by atoms with E-state index >= 15 is 0 Å². The number of anilines is 1. The summed E-state index contributed by atoms with van der Waals surface area (Å²) in [6.45, 7) is 1.33. The van der Waals surface area contributed by atoms with Gasteiger partial charge in [-0.2, -0.15) is 0 Å². The third-order valence-corrected chi connectivity index (χ3v) is 5.34. The number of hydrogen-bond acceptors (Lipinski definition) is 7. The highest BCUT2D eigenvalue weighted by Gasteiger charge is 2.25. The molecular formula is C16H15Cl2N5O3S. The van der Waals surface area contributed by atoms with Gasteiger partial charge in [-0.1, -0.05) is 11.6 Å². The van der Waals surface area contributed by atoms with Gasteiger partial charge in [0.2, 0.25) is 5.43 Å². The lowest BCUT2D eigenvalue weighted by atomic mass is 10.2. The number of hydrogen-bond donors (Lipinski definition) is 2. The molecule has 11 heteroatoms. The summed E-state index contributed by atoms with van der Waals surface area (Å²) in [4.78, 5) is 34.8. The average molecular weight is 428 g/mol. The Balaban J connectivity index is 0.00000210. The molecular weight excluding hydrogens is 413 g/mol. The van der Waals surface area contributed by atoms with Crippen molar-refractivity contribution in [3.63, 3.8) is 0 Å². The topological polar surface area (TPSA) is 114 Å². The van der Waals surface area contributed by atoms with Gasteiger partial charge in [0.25, 0.3) is 0 Å². The van der Waals surface area contributed by atoms with Crippen molar-refractivity contribution in [1.82, 2.24) is 14.5 Å². The average Bonchev–Trinajstić information content (AvgIpc) is 3.26. The molecule has 0 saturated carbocycles. The fourth-order valence-electron chi connectivity index (χ4n) is 3.05. The van der Waals surface area contributed by atoms with Crippen molar-refractivity contribution < 1.29 is 9.90 Å². The van der Waals surface area contributed by atoms with Crippen LogP contribution in [0.2, 0.25) is 5.02 Å². The van der Waals surface area contributed by atoms with Crippen LogP contribution in [0.4, 0.5) is 5.82 Å². The number of carbonyl (C=O) groups is 1. The maximum atomic E-state index is 12.6. The van der Waals surface area contributed by atoms with E-state index in [2.05, 4.69) is 9.97 Å². The number of aromatic nitrogens is 3. The highest BCUT2D eigenvalue weighted by atomic mass is 35.5. The Labute approximate surface area is 168 Å². The molecule has 4 heterocycles. The van der Waals surface area contributed by atoms with Gasteiger partial charge in [0.05, 0.1) is 10.4 Å². The predicted molar refractivity (Wildman–Crippen MR) is 107 cm³/mol. The van der Waals surface area contributed by atoms with E-state index in [0.29, 0.717) is 29.7 Å². The molecule has 4 rings (SSSR count). The summed E-state index contributed by atoms with van der Waals surface area (Å²) in [6, 6.07) is 1.51. The van der Waals surface area contributed by atoms with Gasteiger partial charge in [-0.15, -0.1) is 23.7 Å². The lowest BCUT2D eigenvalue weighted by Crippen LogP contribution is -2.27. The molecule has 27 heavy (non-hydrogen) atoms. The Hall–Kier alpha value is -2.20. The second kappa shape index (κ2) is 7.43. The first-order valence-corrected chi connectivity index (χ1v) is 9.11. The Bertz CT molecular complexity index is 1070. The van der Waals surface area contributed by atoms with Crippen LogP contribution in [0.1, 0.15) is 16.8 Å². The zero-order chi connectivity index (χ0) is 18.4. The highest BCUT2D eigenvalue weighted by Crippen LogP contribution is 2.30. The molecule has 3 aromatic heterocycles. The number of nitrogens with zero attached hydrogens (tertiary/aromatic N) is 4. The normalized spacial score (nSPS) is 16.5. The van der Waals surface area contributed by atoms with Crippen molar-refractivity contribution in [2.45, 2.75) is 12.5 Å². The minimum Gasteiger partial charge on any atom is -0.477 e. The maximum Gasteiger partial charge on any atom is 0.341 e. The molecule has 1 atom stereocenters. The van der Waals surface area contributed by atoms with Crippen LogP contribution in [0, 0.1) is 0 Å². The van der Waals surface area contributed by atoms with Gasteiger partial charge in [0.1, 0.15) is 11.4 Å². The monoisotopic (exact) mass is 427 g/mol. The number of aromatic carboxylic acids is 1. The Kier molecular flexibility index (Phi) is 5.38. The maximum absolute atomic E-state index is 12.6. The molecule has 0 aliphatic carbocycles. The molecule has 1 aliphatic heterocycles. The van der Waals surface area contributed by atoms with Crippen LogP contribution in [0.25, 0.3) is 16.2 Å². The summed E-state index contributed by atoms with van der Waals surface area (Å²) in [5.74, 6) is -0.784. The first kappa shape index (κ1) is 19.6. The third kappa shape index (κ3) is 3.39. The molecule has 1 aliphatic rings. The van der Waals surface area contributed by atoms with E-state index in [0.717, 1.165) is 6.42 Å². The van der Waals surface area contributed by atoms with Crippen LogP contribution < -0.4 is 16.1 Å². The second-order valence-electron chi connectivity index (χ2n) is 6.02. The summed E-state index contributed by atoms with van der Waals surface area (Å²) in [6.07, 6.45) is 3.68. The number of pyridine rings is 2. The van der Waals surface area contributed by atoms with E-state index in [1.165, 1.54) is 28.2 Å². The van der Waals surface area contributed by atoms with Crippen molar-refractivity contribution in [3.05, 3.63) is 44.6 Å². The van der Waals surface area contributed by atoms with Gasteiger partial charge < -0.3 is 15.7 Å². The Morgan fingerprint density at radius 2 is 2.22 bits per heavy atom. The van der Waals surface area contributed by atoms with Crippen molar-refractivity contribution >= 4 is 58.2 Å². The summed E-state index contributed by atoms with van der Waals surface area (Å²) in [5, 5.41) is 12.1. The molecule has 0 bridgehead atoms. The largest absolute Gasteiger partial charge is 0.477 e. The van der Waals surface area contributed by atoms with E-state index in [4.69, 9.17) is 17.3 Å². The summed E-state index contributed by atoms with van der Waals surface area (Å²) < 4.78 is 1.51.